The lowest BCUT2D eigenvalue weighted by Crippen LogP contribution is -2.59. The highest BCUT2D eigenvalue weighted by atomic mass is 35.5. The van der Waals surface area contributed by atoms with Crippen molar-refractivity contribution in [3.8, 4) is 0 Å². The summed E-state index contributed by atoms with van der Waals surface area (Å²) in [6.45, 7) is 9.57. The Bertz CT molecular complexity index is 1380. The van der Waals surface area contributed by atoms with Crippen LogP contribution in [0, 0.1) is 11.8 Å². The topological polar surface area (TPSA) is 90.4 Å². The summed E-state index contributed by atoms with van der Waals surface area (Å²) in [7, 11) is 1.68. The maximum absolute atomic E-state index is 14.8. The highest BCUT2D eigenvalue weighted by Crippen LogP contribution is 2.64. The van der Waals surface area contributed by atoms with E-state index in [-0.39, 0.29) is 30.9 Å². The Labute approximate surface area is 252 Å². The molecular weight excluding hydrogens is 554 g/mol. The Hall–Kier alpha value is -3.46. The van der Waals surface area contributed by atoms with Crippen LogP contribution in [0.3, 0.4) is 0 Å². The number of fused-ring (bicyclic) bond motifs is 1. The van der Waals surface area contributed by atoms with E-state index in [4.69, 9.17) is 16.3 Å². The van der Waals surface area contributed by atoms with Crippen LogP contribution in [0.1, 0.15) is 25.3 Å². The van der Waals surface area contributed by atoms with Crippen molar-refractivity contribution in [2.45, 2.75) is 49.5 Å². The molecule has 2 unspecified atom stereocenters. The SMILES string of the molecule is C=CCN(C)C(=O)[C@@H]1[C@H]2C(=O)N([C@@H](CO)Cc3ccccc3)C(C(=O)N(CC=C)c3ccccc3Cl)C23CC[C@@]1(C)O3. The second-order valence-corrected chi connectivity index (χ2v) is 12.1. The largest absolute Gasteiger partial charge is 0.394 e. The molecule has 1 N–H and O–H groups in total. The number of benzene rings is 2. The van der Waals surface area contributed by atoms with E-state index in [2.05, 4.69) is 13.2 Å². The molecule has 9 heteroatoms. The van der Waals surface area contributed by atoms with Gasteiger partial charge in [0.05, 0.1) is 40.8 Å². The molecule has 2 bridgehead atoms. The predicted octanol–water partition coefficient (Wildman–Crippen LogP) is 3.87. The second-order valence-electron chi connectivity index (χ2n) is 11.7. The number of ether oxygens (including phenoxy) is 1. The third-order valence-electron chi connectivity index (χ3n) is 9.13. The molecule has 2 aromatic carbocycles. The van der Waals surface area contributed by atoms with Gasteiger partial charge in [-0.25, -0.2) is 0 Å². The van der Waals surface area contributed by atoms with Gasteiger partial charge < -0.3 is 24.5 Å². The predicted molar refractivity (Wildman–Crippen MR) is 162 cm³/mol. The smallest absolute Gasteiger partial charge is 0.253 e. The van der Waals surface area contributed by atoms with E-state index in [0.717, 1.165) is 5.56 Å². The first kappa shape index (κ1) is 30.0. The average Bonchev–Trinajstić information content (AvgIpc) is 3.55. The van der Waals surface area contributed by atoms with Crippen LogP contribution in [-0.4, -0.2) is 82.7 Å². The van der Waals surface area contributed by atoms with Crippen LogP contribution in [0.25, 0.3) is 0 Å². The molecule has 8 nitrogen and oxygen atoms in total. The summed E-state index contributed by atoms with van der Waals surface area (Å²) >= 11 is 6.57. The van der Waals surface area contributed by atoms with Gasteiger partial charge >= 0.3 is 0 Å². The van der Waals surface area contributed by atoms with Gasteiger partial charge in [-0.15, -0.1) is 13.2 Å². The Kier molecular flexibility index (Phi) is 8.34. The zero-order chi connectivity index (χ0) is 30.2. The molecule has 5 rings (SSSR count). The minimum absolute atomic E-state index is 0.145. The number of hydrogen-bond donors (Lipinski definition) is 1. The standard InChI is InChI=1S/C33H38ClN3O5/c1-5-18-35(4)29(39)26-27-30(40)37(23(21-38)20-22-12-8-7-9-13-22)28(33(27)17-16-32(26,3)42-33)31(41)36(19-6-2)25-15-11-10-14-24(25)34/h5-15,23,26-28,38H,1-2,16-21H2,3-4H3/t23-,26+,27+,28?,32-,33?/m1/s1. The zero-order valence-electron chi connectivity index (χ0n) is 24.1. The molecule has 3 amide bonds. The minimum Gasteiger partial charge on any atom is -0.394 e. The third kappa shape index (κ3) is 4.75. The van der Waals surface area contributed by atoms with Crippen molar-refractivity contribution < 1.29 is 24.2 Å². The Morgan fingerprint density at radius 2 is 1.76 bits per heavy atom. The molecule has 2 aromatic rings. The lowest BCUT2D eigenvalue weighted by atomic mass is 9.66. The van der Waals surface area contributed by atoms with Crippen molar-refractivity contribution in [3.05, 3.63) is 90.5 Å². The maximum atomic E-state index is 14.8. The number of para-hydroxylation sites is 1. The number of hydrogen-bond acceptors (Lipinski definition) is 5. The summed E-state index contributed by atoms with van der Waals surface area (Å²) in [4.78, 5) is 47.9. The van der Waals surface area contributed by atoms with E-state index in [1.807, 2.05) is 37.3 Å². The van der Waals surface area contributed by atoms with Gasteiger partial charge in [-0.3, -0.25) is 14.4 Å². The molecule has 0 aliphatic carbocycles. The number of amides is 3. The number of likely N-dealkylation sites (N-methyl/N-ethyl adjacent to an activating group) is 1. The quantitative estimate of drug-likeness (QED) is 0.401. The van der Waals surface area contributed by atoms with Gasteiger partial charge in [0.2, 0.25) is 11.8 Å². The molecular formula is C33H38ClN3O5. The molecule has 0 saturated carbocycles. The van der Waals surface area contributed by atoms with E-state index in [1.165, 1.54) is 9.80 Å². The lowest BCUT2D eigenvalue weighted by molar-refractivity contribution is -0.151. The fraction of sp³-hybridized carbons (Fsp3) is 0.424. The van der Waals surface area contributed by atoms with Crippen molar-refractivity contribution >= 4 is 35.0 Å². The fourth-order valence-electron chi connectivity index (χ4n) is 7.32. The van der Waals surface area contributed by atoms with Crippen LogP contribution in [-0.2, 0) is 25.5 Å². The summed E-state index contributed by atoms with van der Waals surface area (Å²) in [5.74, 6) is -2.63. The molecule has 3 fully saturated rings. The van der Waals surface area contributed by atoms with Crippen molar-refractivity contribution in [3.63, 3.8) is 0 Å². The highest BCUT2D eigenvalue weighted by molar-refractivity contribution is 6.34. The van der Waals surface area contributed by atoms with E-state index >= 15 is 0 Å². The van der Waals surface area contributed by atoms with Crippen molar-refractivity contribution in [2.75, 3.05) is 31.6 Å². The number of carbonyl (C=O) groups excluding carboxylic acids is 3. The maximum Gasteiger partial charge on any atom is 0.253 e. The molecule has 3 aliphatic heterocycles. The van der Waals surface area contributed by atoms with Crippen molar-refractivity contribution in [1.82, 2.24) is 9.80 Å². The Balaban J connectivity index is 1.64. The normalized spacial score (nSPS) is 28.3. The molecule has 222 valence electrons. The summed E-state index contributed by atoms with van der Waals surface area (Å²) in [5.41, 5.74) is -0.769. The molecule has 3 aliphatic rings. The van der Waals surface area contributed by atoms with E-state index in [1.54, 1.807) is 48.4 Å². The van der Waals surface area contributed by atoms with Crippen molar-refractivity contribution in [2.24, 2.45) is 11.8 Å². The molecule has 0 radical (unpaired) electrons. The summed E-state index contributed by atoms with van der Waals surface area (Å²) in [5, 5.41) is 11.1. The van der Waals surface area contributed by atoms with Gasteiger partial charge in [0.25, 0.3) is 5.91 Å². The number of rotatable bonds is 11. The van der Waals surface area contributed by atoms with E-state index < -0.39 is 35.1 Å². The van der Waals surface area contributed by atoms with Gasteiger partial charge in [-0.2, -0.15) is 0 Å². The monoisotopic (exact) mass is 591 g/mol. The first-order chi connectivity index (χ1) is 20.1. The van der Waals surface area contributed by atoms with Gasteiger partial charge in [-0.1, -0.05) is 66.2 Å². The van der Waals surface area contributed by atoms with E-state index in [0.29, 0.717) is 36.5 Å². The van der Waals surface area contributed by atoms with Gasteiger partial charge in [0.1, 0.15) is 11.6 Å². The second kappa shape index (κ2) is 11.7. The van der Waals surface area contributed by atoms with Gasteiger partial charge in [-0.05, 0) is 43.9 Å². The first-order valence-electron chi connectivity index (χ1n) is 14.3. The number of likely N-dealkylation sites (tertiary alicyclic amines) is 1. The van der Waals surface area contributed by atoms with Gasteiger partial charge in [0, 0.05) is 20.1 Å². The van der Waals surface area contributed by atoms with Crippen molar-refractivity contribution in [1.29, 1.82) is 0 Å². The van der Waals surface area contributed by atoms with Crippen LogP contribution in [0.2, 0.25) is 5.02 Å². The molecule has 0 aromatic heterocycles. The van der Waals surface area contributed by atoms with E-state index in [9.17, 15) is 19.5 Å². The summed E-state index contributed by atoms with van der Waals surface area (Å²) in [6.07, 6.45) is 4.52. The molecule has 3 heterocycles. The highest BCUT2D eigenvalue weighted by Gasteiger charge is 2.78. The summed E-state index contributed by atoms with van der Waals surface area (Å²) in [6, 6.07) is 14.7. The molecule has 3 saturated heterocycles. The molecule has 1 spiro atoms. The van der Waals surface area contributed by atoms with Crippen LogP contribution < -0.4 is 4.90 Å². The minimum atomic E-state index is -1.25. The number of anilines is 1. The molecule has 42 heavy (non-hydrogen) atoms. The fourth-order valence-corrected chi connectivity index (χ4v) is 7.56. The van der Waals surface area contributed by atoms with Crippen LogP contribution >= 0.6 is 11.6 Å². The van der Waals surface area contributed by atoms with Crippen LogP contribution in [0.15, 0.2) is 79.9 Å². The van der Waals surface area contributed by atoms with Crippen LogP contribution in [0.5, 0.6) is 0 Å². The number of nitrogens with zero attached hydrogens (tertiary/aromatic N) is 3. The number of halogens is 1. The van der Waals surface area contributed by atoms with Gasteiger partial charge in [0.15, 0.2) is 0 Å². The molecule has 6 atom stereocenters. The number of carbonyl (C=O) groups is 3. The Morgan fingerprint density at radius 3 is 2.40 bits per heavy atom. The van der Waals surface area contributed by atoms with Crippen LogP contribution in [0.4, 0.5) is 5.69 Å². The average molecular weight is 592 g/mol. The summed E-state index contributed by atoms with van der Waals surface area (Å²) < 4.78 is 6.78. The lowest BCUT2D eigenvalue weighted by Gasteiger charge is -2.39. The Morgan fingerprint density at radius 1 is 1.10 bits per heavy atom. The first-order valence-corrected chi connectivity index (χ1v) is 14.7. The number of aliphatic hydroxyl groups excluding tert-OH is 1. The zero-order valence-corrected chi connectivity index (χ0v) is 24.9. The third-order valence-corrected chi connectivity index (χ3v) is 9.45. The number of aliphatic hydroxyl groups is 1.